The minimum Gasteiger partial charge on any atom is -0.481 e. The summed E-state index contributed by atoms with van der Waals surface area (Å²) in [6.07, 6.45) is -0.740. The van der Waals surface area contributed by atoms with E-state index in [1.165, 1.54) is 0 Å². The first-order chi connectivity index (χ1) is 13.8. The third kappa shape index (κ3) is 4.97. The molecule has 1 atom stereocenters. The largest absolute Gasteiger partial charge is 0.481 e. The number of aromatic nitrogens is 1. The lowest BCUT2D eigenvalue weighted by Gasteiger charge is -2.16. The highest BCUT2D eigenvalue weighted by Crippen LogP contribution is 2.21. The molecule has 0 aliphatic rings. The number of nitrogens with one attached hydrogen (secondary N) is 2. The number of benzene rings is 2. The van der Waals surface area contributed by atoms with Crippen LogP contribution in [0.4, 0.5) is 5.69 Å². The van der Waals surface area contributed by atoms with E-state index in [0.717, 1.165) is 11.4 Å². The average Bonchev–Trinajstić information content (AvgIpc) is 3.02. The molecule has 1 aromatic heterocycles. The van der Waals surface area contributed by atoms with E-state index < -0.39 is 6.10 Å². The van der Waals surface area contributed by atoms with E-state index in [-0.39, 0.29) is 11.8 Å². The first-order valence-corrected chi connectivity index (χ1v) is 9.51. The summed E-state index contributed by atoms with van der Waals surface area (Å²) in [4.78, 5) is 24.8. The maximum absolute atomic E-state index is 12.4. The molecule has 2 amide bonds. The molecule has 0 unspecified atom stereocenters. The van der Waals surface area contributed by atoms with Crippen molar-refractivity contribution in [2.75, 3.05) is 10.7 Å². The quantitative estimate of drug-likeness (QED) is 0.625. The fraction of sp³-hybridized carbons (Fsp3) is 0.182. The van der Waals surface area contributed by atoms with Crippen LogP contribution < -0.4 is 15.5 Å². The number of halogens is 1. The van der Waals surface area contributed by atoms with E-state index in [9.17, 15) is 9.59 Å². The van der Waals surface area contributed by atoms with Gasteiger partial charge in [0.05, 0.1) is 10.7 Å². The molecular formula is C22H22ClN3O3. The van der Waals surface area contributed by atoms with Gasteiger partial charge in [0.1, 0.15) is 5.75 Å². The summed E-state index contributed by atoms with van der Waals surface area (Å²) in [7, 11) is 0. The second kappa shape index (κ2) is 8.84. The Bertz CT molecular complexity index is 1010. The van der Waals surface area contributed by atoms with Gasteiger partial charge in [0.25, 0.3) is 11.8 Å². The third-order valence-electron chi connectivity index (χ3n) is 4.41. The van der Waals surface area contributed by atoms with Crippen LogP contribution in [0.25, 0.3) is 0 Å². The van der Waals surface area contributed by atoms with Gasteiger partial charge in [-0.05, 0) is 69.3 Å². The number of ether oxygens (including phenoxy) is 1. The van der Waals surface area contributed by atoms with Crippen molar-refractivity contribution in [3.8, 4) is 5.75 Å². The van der Waals surface area contributed by atoms with Crippen LogP contribution in [0.15, 0.2) is 60.7 Å². The van der Waals surface area contributed by atoms with Crippen molar-refractivity contribution >= 4 is 29.1 Å². The van der Waals surface area contributed by atoms with E-state index in [0.29, 0.717) is 22.0 Å². The molecule has 0 aliphatic heterocycles. The van der Waals surface area contributed by atoms with Gasteiger partial charge in [-0.3, -0.25) is 19.7 Å². The molecule has 0 aliphatic carbocycles. The number of para-hydroxylation sites is 1. The van der Waals surface area contributed by atoms with Crippen molar-refractivity contribution in [1.82, 2.24) is 4.68 Å². The number of hydrogen-bond acceptors (Lipinski definition) is 3. The molecule has 6 nitrogen and oxygen atoms in total. The Morgan fingerprint density at radius 2 is 1.59 bits per heavy atom. The second-order valence-corrected chi connectivity index (χ2v) is 7.05. The van der Waals surface area contributed by atoms with Crippen molar-refractivity contribution < 1.29 is 14.3 Å². The summed E-state index contributed by atoms with van der Waals surface area (Å²) >= 11 is 6.06. The van der Waals surface area contributed by atoms with Gasteiger partial charge < -0.3 is 10.1 Å². The van der Waals surface area contributed by atoms with E-state index >= 15 is 0 Å². The lowest BCUT2D eigenvalue weighted by atomic mass is 10.2. The Morgan fingerprint density at radius 3 is 2.21 bits per heavy atom. The molecule has 0 saturated carbocycles. The van der Waals surface area contributed by atoms with Gasteiger partial charge in [0.15, 0.2) is 6.10 Å². The Hall–Kier alpha value is -3.25. The van der Waals surface area contributed by atoms with Crippen LogP contribution in [-0.2, 0) is 4.79 Å². The van der Waals surface area contributed by atoms with Crippen LogP contribution in [0.3, 0.4) is 0 Å². The van der Waals surface area contributed by atoms with Gasteiger partial charge in [-0.1, -0.05) is 23.7 Å². The number of carbonyl (C=O) groups excluding carboxylic acids is 2. The molecule has 2 aromatic carbocycles. The predicted molar refractivity (Wildman–Crippen MR) is 114 cm³/mol. The van der Waals surface area contributed by atoms with E-state index in [1.54, 1.807) is 60.1 Å². The highest BCUT2D eigenvalue weighted by Gasteiger charge is 2.16. The van der Waals surface area contributed by atoms with E-state index in [1.807, 2.05) is 26.0 Å². The number of hydrogen-bond donors (Lipinski definition) is 2. The first kappa shape index (κ1) is 20.5. The average molecular weight is 412 g/mol. The van der Waals surface area contributed by atoms with Gasteiger partial charge in [0, 0.05) is 17.0 Å². The number of anilines is 1. The van der Waals surface area contributed by atoms with E-state index in [2.05, 4.69) is 10.7 Å². The smallest absolute Gasteiger partial charge is 0.270 e. The predicted octanol–water partition coefficient (Wildman–Crippen LogP) is 4.55. The van der Waals surface area contributed by atoms with Crippen molar-refractivity contribution in [3.63, 3.8) is 0 Å². The second-order valence-electron chi connectivity index (χ2n) is 6.65. The lowest BCUT2D eigenvalue weighted by Crippen LogP contribution is -2.30. The summed E-state index contributed by atoms with van der Waals surface area (Å²) < 4.78 is 7.41. The molecule has 0 fully saturated rings. The zero-order valence-corrected chi connectivity index (χ0v) is 17.2. The zero-order valence-electron chi connectivity index (χ0n) is 16.4. The topological polar surface area (TPSA) is 72.4 Å². The van der Waals surface area contributed by atoms with Crippen LogP contribution in [-0.4, -0.2) is 22.6 Å². The Balaban J connectivity index is 1.60. The van der Waals surface area contributed by atoms with Gasteiger partial charge in [-0.25, -0.2) is 0 Å². The minimum absolute atomic E-state index is 0.233. The number of rotatable bonds is 6. The fourth-order valence-electron chi connectivity index (χ4n) is 2.75. The molecule has 0 saturated heterocycles. The number of carbonyl (C=O) groups is 2. The first-order valence-electron chi connectivity index (χ1n) is 9.13. The van der Waals surface area contributed by atoms with Gasteiger partial charge in [-0.2, -0.15) is 0 Å². The highest BCUT2D eigenvalue weighted by molar-refractivity contribution is 6.33. The van der Waals surface area contributed by atoms with Gasteiger partial charge in [-0.15, -0.1) is 0 Å². The minimum atomic E-state index is -0.740. The molecular weight excluding hydrogens is 390 g/mol. The maximum atomic E-state index is 12.4. The zero-order chi connectivity index (χ0) is 21.0. The van der Waals surface area contributed by atoms with Gasteiger partial charge in [0.2, 0.25) is 0 Å². The molecule has 0 bridgehead atoms. The van der Waals surface area contributed by atoms with Crippen molar-refractivity contribution in [1.29, 1.82) is 0 Å². The van der Waals surface area contributed by atoms with Gasteiger partial charge >= 0.3 is 0 Å². The third-order valence-corrected chi connectivity index (χ3v) is 4.74. The summed E-state index contributed by atoms with van der Waals surface area (Å²) in [6.45, 7) is 5.48. The van der Waals surface area contributed by atoms with Crippen molar-refractivity contribution in [2.45, 2.75) is 26.9 Å². The number of nitrogens with zero attached hydrogens (tertiary/aromatic N) is 1. The Labute approximate surface area is 174 Å². The molecule has 3 aromatic rings. The standard InChI is InChI=1S/C22H22ClN3O3/c1-14-8-9-15(2)26(14)25-22(28)17-10-12-18(13-11-17)29-16(3)21(27)24-20-7-5-4-6-19(20)23/h4-13,16H,1-3H3,(H,24,27)(H,25,28)/t16-/m0/s1. The summed E-state index contributed by atoms with van der Waals surface area (Å²) in [5, 5.41) is 3.19. The summed E-state index contributed by atoms with van der Waals surface area (Å²) in [5.74, 6) is -0.0707. The van der Waals surface area contributed by atoms with E-state index in [4.69, 9.17) is 16.3 Å². The number of aryl methyl sites for hydroxylation is 2. The normalized spacial score (nSPS) is 11.6. The molecule has 29 heavy (non-hydrogen) atoms. The summed E-state index contributed by atoms with van der Waals surface area (Å²) in [6, 6.07) is 17.5. The fourth-order valence-corrected chi connectivity index (χ4v) is 2.93. The van der Waals surface area contributed by atoms with Crippen LogP contribution >= 0.6 is 11.6 Å². The monoisotopic (exact) mass is 411 g/mol. The highest BCUT2D eigenvalue weighted by atomic mass is 35.5. The molecule has 2 N–H and O–H groups in total. The number of amides is 2. The molecule has 1 heterocycles. The van der Waals surface area contributed by atoms with Crippen LogP contribution in [0.1, 0.15) is 28.7 Å². The van der Waals surface area contributed by atoms with Crippen LogP contribution in [0, 0.1) is 13.8 Å². The van der Waals surface area contributed by atoms with Crippen LogP contribution in [0.2, 0.25) is 5.02 Å². The molecule has 7 heteroatoms. The SMILES string of the molecule is Cc1ccc(C)n1NC(=O)c1ccc(O[C@@H](C)C(=O)Nc2ccccc2Cl)cc1. The molecule has 0 radical (unpaired) electrons. The van der Waals surface area contributed by atoms with Crippen molar-refractivity contribution in [2.24, 2.45) is 0 Å². The molecule has 0 spiro atoms. The Kier molecular flexibility index (Phi) is 6.24. The maximum Gasteiger partial charge on any atom is 0.270 e. The Morgan fingerprint density at radius 1 is 0.966 bits per heavy atom. The van der Waals surface area contributed by atoms with Crippen LogP contribution in [0.5, 0.6) is 5.75 Å². The lowest BCUT2D eigenvalue weighted by molar-refractivity contribution is -0.122. The molecule has 150 valence electrons. The van der Waals surface area contributed by atoms with Crippen molar-refractivity contribution in [3.05, 3.63) is 82.6 Å². The molecule has 3 rings (SSSR count). The summed E-state index contributed by atoms with van der Waals surface area (Å²) in [5.41, 5.74) is 5.73.